The van der Waals surface area contributed by atoms with E-state index in [1.54, 1.807) is 18.9 Å². The van der Waals surface area contributed by atoms with Crippen LogP contribution >= 0.6 is 11.8 Å². The van der Waals surface area contributed by atoms with E-state index in [2.05, 4.69) is 15.8 Å². The van der Waals surface area contributed by atoms with Crippen molar-refractivity contribution in [1.29, 1.82) is 0 Å². The second-order valence-corrected chi connectivity index (χ2v) is 8.46. The fraction of sp³-hybridized carbons (Fsp3) is 0.154. The Labute approximate surface area is 197 Å². The topological polar surface area (TPSA) is 76.4 Å². The van der Waals surface area contributed by atoms with Gasteiger partial charge in [-0.2, -0.15) is 0 Å². The number of thioether (sulfide) groups is 1. The molecule has 0 aliphatic rings. The first-order chi connectivity index (χ1) is 16.0. The first kappa shape index (κ1) is 22.5. The summed E-state index contributed by atoms with van der Waals surface area (Å²) in [7, 11) is 1.64. The van der Waals surface area contributed by atoms with E-state index in [0.29, 0.717) is 17.0 Å². The molecular formula is C26H25N3O3S. The normalized spacial score (nSPS) is 10.6. The third-order valence-electron chi connectivity index (χ3n) is 5.23. The van der Waals surface area contributed by atoms with Crippen LogP contribution in [0.25, 0.3) is 0 Å². The molecule has 168 valence electrons. The van der Waals surface area contributed by atoms with Crippen molar-refractivity contribution in [2.45, 2.75) is 24.5 Å². The number of methoxy groups -OCH3 is 1. The van der Waals surface area contributed by atoms with Gasteiger partial charge in [0, 0.05) is 21.9 Å². The van der Waals surface area contributed by atoms with Crippen molar-refractivity contribution < 1.29 is 14.1 Å². The van der Waals surface area contributed by atoms with E-state index < -0.39 is 0 Å². The first-order valence-electron chi connectivity index (χ1n) is 10.5. The molecule has 0 saturated carbocycles. The largest absolute Gasteiger partial charge is 0.497 e. The number of aromatic nitrogens is 1. The summed E-state index contributed by atoms with van der Waals surface area (Å²) in [5.41, 5.74) is 4.95. The van der Waals surface area contributed by atoms with Crippen LogP contribution in [0.1, 0.15) is 27.4 Å². The molecule has 0 spiro atoms. The van der Waals surface area contributed by atoms with Crippen molar-refractivity contribution in [2.75, 3.05) is 17.7 Å². The number of carbonyl (C=O) groups is 1. The summed E-state index contributed by atoms with van der Waals surface area (Å²) >= 11 is 1.59. The van der Waals surface area contributed by atoms with Crippen LogP contribution in [0.4, 0.5) is 17.1 Å². The zero-order chi connectivity index (χ0) is 23.2. The summed E-state index contributed by atoms with van der Waals surface area (Å²) in [5.74, 6) is 2.11. The van der Waals surface area contributed by atoms with Gasteiger partial charge in [0.1, 0.15) is 11.5 Å². The minimum Gasteiger partial charge on any atom is -0.497 e. The molecule has 2 N–H and O–H groups in total. The SMILES string of the molecule is COc1ccc(Nc2ccccc2NC(=O)c2ccccc2SCc2c(C)noc2C)cc1. The third-order valence-corrected chi connectivity index (χ3v) is 6.33. The molecule has 0 aliphatic carbocycles. The number of para-hydroxylation sites is 2. The van der Waals surface area contributed by atoms with Gasteiger partial charge in [-0.1, -0.05) is 29.4 Å². The zero-order valence-corrected chi connectivity index (χ0v) is 19.5. The van der Waals surface area contributed by atoms with Crippen molar-refractivity contribution in [1.82, 2.24) is 5.16 Å². The summed E-state index contributed by atoms with van der Waals surface area (Å²) < 4.78 is 10.5. The van der Waals surface area contributed by atoms with E-state index in [1.807, 2.05) is 86.6 Å². The van der Waals surface area contributed by atoms with E-state index in [4.69, 9.17) is 9.26 Å². The molecule has 0 radical (unpaired) electrons. The number of anilines is 3. The number of ether oxygens (including phenoxy) is 1. The Bertz CT molecular complexity index is 1230. The number of rotatable bonds is 8. The van der Waals surface area contributed by atoms with Crippen molar-refractivity contribution in [3.05, 3.63) is 95.4 Å². The van der Waals surface area contributed by atoms with Crippen LogP contribution in [-0.4, -0.2) is 18.2 Å². The minimum atomic E-state index is -0.166. The van der Waals surface area contributed by atoms with Crippen LogP contribution in [0, 0.1) is 13.8 Å². The quantitative estimate of drug-likeness (QED) is 0.290. The van der Waals surface area contributed by atoms with Crippen LogP contribution in [-0.2, 0) is 5.75 Å². The van der Waals surface area contributed by atoms with E-state index >= 15 is 0 Å². The second kappa shape index (κ2) is 10.3. The lowest BCUT2D eigenvalue weighted by molar-refractivity contribution is 0.102. The summed E-state index contributed by atoms with van der Waals surface area (Å²) in [6.45, 7) is 3.83. The molecule has 0 unspecified atom stereocenters. The predicted molar refractivity (Wildman–Crippen MR) is 133 cm³/mol. The van der Waals surface area contributed by atoms with Crippen LogP contribution in [0.15, 0.2) is 82.2 Å². The number of amides is 1. The lowest BCUT2D eigenvalue weighted by Crippen LogP contribution is -2.14. The molecule has 1 heterocycles. The van der Waals surface area contributed by atoms with Gasteiger partial charge in [-0.25, -0.2) is 0 Å². The molecule has 6 nitrogen and oxygen atoms in total. The van der Waals surface area contributed by atoms with Crippen molar-refractivity contribution >= 4 is 34.7 Å². The average Bonchev–Trinajstić information content (AvgIpc) is 3.16. The van der Waals surface area contributed by atoms with E-state index in [9.17, 15) is 4.79 Å². The number of hydrogen-bond acceptors (Lipinski definition) is 6. The first-order valence-corrected chi connectivity index (χ1v) is 11.5. The molecule has 0 atom stereocenters. The lowest BCUT2D eigenvalue weighted by atomic mass is 10.2. The Kier molecular flexibility index (Phi) is 7.00. The van der Waals surface area contributed by atoms with E-state index in [-0.39, 0.29) is 5.91 Å². The van der Waals surface area contributed by atoms with Gasteiger partial charge < -0.3 is 19.9 Å². The maximum absolute atomic E-state index is 13.2. The highest BCUT2D eigenvalue weighted by Gasteiger charge is 2.15. The molecule has 0 saturated heterocycles. The maximum atomic E-state index is 13.2. The number of nitrogens with one attached hydrogen (secondary N) is 2. The fourth-order valence-electron chi connectivity index (χ4n) is 3.36. The number of carbonyl (C=O) groups excluding carboxylic acids is 1. The molecular weight excluding hydrogens is 434 g/mol. The Morgan fingerprint density at radius 3 is 2.36 bits per heavy atom. The summed E-state index contributed by atoms with van der Waals surface area (Å²) in [6, 6.07) is 22.9. The van der Waals surface area contributed by atoms with Crippen LogP contribution in [0.5, 0.6) is 5.75 Å². The van der Waals surface area contributed by atoms with Crippen LogP contribution in [0.3, 0.4) is 0 Å². The van der Waals surface area contributed by atoms with Gasteiger partial charge in [0.25, 0.3) is 5.91 Å². The second-order valence-electron chi connectivity index (χ2n) is 7.44. The third kappa shape index (κ3) is 5.38. The Hall–Kier alpha value is -3.71. The number of nitrogens with zero attached hydrogens (tertiary/aromatic N) is 1. The molecule has 33 heavy (non-hydrogen) atoms. The van der Waals surface area contributed by atoms with Crippen LogP contribution < -0.4 is 15.4 Å². The van der Waals surface area contributed by atoms with Gasteiger partial charge in [-0.05, 0) is 62.4 Å². The maximum Gasteiger partial charge on any atom is 0.256 e. The fourth-order valence-corrected chi connectivity index (χ4v) is 4.56. The van der Waals surface area contributed by atoms with Crippen molar-refractivity contribution in [3.8, 4) is 5.75 Å². The standard InChI is InChI=1S/C26H25N3O3S/c1-17-22(18(2)32-29-17)16-33-25-11-7-4-8-21(25)26(30)28-24-10-6-5-9-23(24)27-19-12-14-20(31-3)15-13-19/h4-15,27H,16H2,1-3H3,(H,28,30). The van der Waals surface area contributed by atoms with Gasteiger partial charge in [0.2, 0.25) is 0 Å². The van der Waals surface area contributed by atoms with Crippen molar-refractivity contribution in [3.63, 3.8) is 0 Å². The number of aryl methyl sites for hydroxylation is 2. The predicted octanol–water partition coefficient (Wildman–Crippen LogP) is 6.59. The molecule has 0 aliphatic heterocycles. The van der Waals surface area contributed by atoms with E-state index in [1.165, 1.54) is 0 Å². The average molecular weight is 460 g/mol. The lowest BCUT2D eigenvalue weighted by Gasteiger charge is -2.15. The van der Waals surface area contributed by atoms with Gasteiger partial charge in [0.15, 0.2) is 0 Å². The number of benzene rings is 3. The van der Waals surface area contributed by atoms with Gasteiger partial charge in [0.05, 0.1) is 29.7 Å². The molecule has 0 bridgehead atoms. The summed E-state index contributed by atoms with van der Waals surface area (Å²) in [6.07, 6.45) is 0. The molecule has 3 aromatic carbocycles. The van der Waals surface area contributed by atoms with Crippen molar-refractivity contribution in [2.24, 2.45) is 0 Å². The van der Waals surface area contributed by atoms with Gasteiger partial charge >= 0.3 is 0 Å². The van der Waals surface area contributed by atoms with Gasteiger partial charge in [-0.3, -0.25) is 4.79 Å². The highest BCUT2D eigenvalue weighted by atomic mass is 32.2. The van der Waals surface area contributed by atoms with Crippen LogP contribution in [0.2, 0.25) is 0 Å². The smallest absolute Gasteiger partial charge is 0.256 e. The van der Waals surface area contributed by atoms with E-state index in [0.717, 1.165) is 39.0 Å². The Morgan fingerprint density at radius 1 is 0.970 bits per heavy atom. The van der Waals surface area contributed by atoms with Gasteiger partial charge in [-0.15, -0.1) is 11.8 Å². The highest BCUT2D eigenvalue weighted by Crippen LogP contribution is 2.31. The summed E-state index contributed by atoms with van der Waals surface area (Å²) in [4.78, 5) is 14.1. The minimum absolute atomic E-state index is 0.166. The molecule has 4 aromatic rings. The Morgan fingerprint density at radius 2 is 1.67 bits per heavy atom. The molecule has 0 fully saturated rings. The zero-order valence-electron chi connectivity index (χ0n) is 18.7. The summed E-state index contributed by atoms with van der Waals surface area (Å²) in [5, 5.41) is 10.4. The molecule has 4 rings (SSSR count). The molecule has 7 heteroatoms. The number of hydrogen-bond donors (Lipinski definition) is 2. The molecule has 1 aromatic heterocycles. The molecule has 1 amide bonds. The Balaban J connectivity index is 1.51. The highest BCUT2D eigenvalue weighted by molar-refractivity contribution is 7.98. The monoisotopic (exact) mass is 459 g/mol.